The van der Waals surface area contributed by atoms with Gasteiger partial charge in [0.15, 0.2) is 0 Å². The third kappa shape index (κ3) is 2.67. The third-order valence-corrected chi connectivity index (χ3v) is 3.45. The fraction of sp³-hybridized carbons (Fsp3) is 0.235. The van der Waals surface area contributed by atoms with Crippen molar-refractivity contribution in [3.05, 3.63) is 65.2 Å². The summed E-state index contributed by atoms with van der Waals surface area (Å²) in [5.41, 5.74) is 2.90. The van der Waals surface area contributed by atoms with Crippen molar-refractivity contribution in [1.29, 1.82) is 0 Å². The first-order valence-corrected chi connectivity index (χ1v) is 6.84. The van der Waals surface area contributed by atoms with Crippen molar-refractivity contribution in [2.24, 2.45) is 0 Å². The summed E-state index contributed by atoms with van der Waals surface area (Å²) in [6.07, 6.45) is 1.07. The fourth-order valence-electron chi connectivity index (χ4n) is 2.44. The number of benzene rings is 2. The molecule has 1 amide bonds. The predicted octanol–water partition coefficient (Wildman–Crippen LogP) is 2.94. The second-order valence-corrected chi connectivity index (χ2v) is 5.12. The first-order chi connectivity index (χ1) is 9.72. The second-order valence-electron chi connectivity index (χ2n) is 5.12. The van der Waals surface area contributed by atoms with Crippen molar-refractivity contribution in [3.8, 4) is 5.75 Å². The number of fused-ring (bicyclic) bond motifs is 1. The molecule has 1 aliphatic heterocycles. The van der Waals surface area contributed by atoms with E-state index in [1.165, 1.54) is 0 Å². The average molecular weight is 267 g/mol. The van der Waals surface area contributed by atoms with Gasteiger partial charge in [0.25, 0.3) is 5.91 Å². The van der Waals surface area contributed by atoms with Gasteiger partial charge >= 0.3 is 0 Å². The fourth-order valence-corrected chi connectivity index (χ4v) is 2.44. The normalized spacial score (nSPS) is 16.4. The van der Waals surface area contributed by atoms with Gasteiger partial charge in [-0.05, 0) is 36.2 Å². The molecule has 102 valence electrons. The Labute approximate surface area is 118 Å². The standard InChI is InChI=1S/C17H17NO2/c1-12-9-15-10-14(7-8-16(15)20-12)17(19)18-11-13-5-3-2-4-6-13/h2-8,10,12H,9,11H2,1H3,(H,18,19). The molecular weight excluding hydrogens is 250 g/mol. The first-order valence-electron chi connectivity index (χ1n) is 6.84. The maximum absolute atomic E-state index is 12.1. The molecule has 2 aromatic rings. The van der Waals surface area contributed by atoms with E-state index >= 15 is 0 Å². The molecule has 0 bridgehead atoms. The highest BCUT2D eigenvalue weighted by Gasteiger charge is 2.20. The number of nitrogens with one attached hydrogen (secondary N) is 1. The SMILES string of the molecule is CC1Cc2cc(C(=O)NCc3ccccc3)ccc2O1. The molecule has 3 heteroatoms. The number of rotatable bonds is 3. The van der Waals surface area contributed by atoms with Gasteiger partial charge in [0.05, 0.1) is 0 Å². The van der Waals surface area contributed by atoms with E-state index in [1.807, 2.05) is 55.5 Å². The molecule has 0 saturated heterocycles. The number of carbonyl (C=O) groups is 1. The van der Waals surface area contributed by atoms with Crippen LogP contribution in [0.25, 0.3) is 0 Å². The lowest BCUT2D eigenvalue weighted by atomic mass is 10.1. The highest BCUT2D eigenvalue weighted by atomic mass is 16.5. The Bertz CT molecular complexity index is 622. The Balaban J connectivity index is 1.68. The summed E-state index contributed by atoms with van der Waals surface area (Å²) in [7, 11) is 0. The highest BCUT2D eigenvalue weighted by Crippen LogP contribution is 2.29. The maximum Gasteiger partial charge on any atom is 0.251 e. The molecular formula is C17H17NO2. The van der Waals surface area contributed by atoms with Crippen LogP contribution in [0.5, 0.6) is 5.75 Å². The van der Waals surface area contributed by atoms with Gasteiger partial charge in [-0.2, -0.15) is 0 Å². The highest BCUT2D eigenvalue weighted by molar-refractivity contribution is 5.94. The molecule has 0 radical (unpaired) electrons. The Morgan fingerprint density at radius 1 is 1.25 bits per heavy atom. The Kier molecular flexibility index (Phi) is 3.42. The van der Waals surface area contributed by atoms with Crippen LogP contribution < -0.4 is 10.1 Å². The van der Waals surface area contributed by atoms with Crippen LogP contribution in [0.1, 0.15) is 28.4 Å². The summed E-state index contributed by atoms with van der Waals surface area (Å²) >= 11 is 0. The molecule has 1 N–H and O–H groups in total. The maximum atomic E-state index is 12.1. The van der Waals surface area contributed by atoms with E-state index in [0.29, 0.717) is 12.1 Å². The van der Waals surface area contributed by atoms with Crippen LogP contribution in [0.15, 0.2) is 48.5 Å². The Hall–Kier alpha value is -2.29. The summed E-state index contributed by atoms with van der Waals surface area (Å²) in [4.78, 5) is 12.1. The summed E-state index contributed by atoms with van der Waals surface area (Å²) in [6.45, 7) is 2.58. The zero-order valence-electron chi connectivity index (χ0n) is 11.4. The van der Waals surface area contributed by atoms with Gasteiger partial charge in [-0.15, -0.1) is 0 Å². The van der Waals surface area contributed by atoms with Crippen molar-refractivity contribution in [1.82, 2.24) is 5.32 Å². The van der Waals surface area contributed by atoms with Gasteiger partial charge < -0.3 is 10.1 Å². The monoisotopic (exact) mass is 267 g/mol. The number of amides is 1. The van der Waals surface area contributed by atoms with E-state index < -0.39 is 0 Å². The summed E-state index contributed by atoms with van der Waals surface area (Å²) in [5.74, 6) is 0.855. The zero-order chi connectivity index (χ0) is 13.9. The molecule has 2 aromatic carbocycles. The zero-order valence-corrected chi connectivity index (χ0v) is 11.4. The van der Waals surface area contributed by atoms with Crippen molar-refractivity contribution < 1.29 is 9.53 Å². The van der Waals surface area contributed by atoms with E-state index in [2.05, 4.69) is 5.32 Å². The van der Waals surface area contributed by atoms with Gasteiger partial charge in [-0.1, -0.05) is 30.3 Å². The average Bonchev–Trinajstić information content (AvgIpc) is 2.85. The van der Waals surface area contributed by atoms with E-state index in [9.17, 15) is 4.79 Å². The van der Waals surface area contributed by atoms with Crippen LogP contribution >= 0.6 is 0 Å². The van der Waals surface area contributed by atoms with Crippen molar-refractivity contribution in [2.45, 2.75) is 26.0 Å². The minimum Gasteiger partial charge on any atom is -0.490 e. The Morgan fingerprint density at radius 3 is 2.85 bits per heavy atom. The topological polar surface area (TPSA) is 38.3 Å². The lowest BCUT2D eigenvalue weighted by molar-refractivity contribution is 0.0951. The van der Waals surface area contributed by atoms with Crippen molar-refractivity contribution in [3.63, 3.8) is 0 Å². The summed E-state index contributed by atoms with van der Waals surface area (Å²) < 4.78 is 5.64. The first kappa shape index (κ1) is 12.7. The van der Waals surface area contributed by atoms with Gasteiger partial charge in [-0.3, -0.25) is 4.79 Å². The van der Waals surface area contributed by atoms with Crippen molar-refractivity contribution >= 4 is 5.91 Å². The molecule has 0 aromatic heterocycles. The van der Waals surface area contributed by atoms with Gasteiger partial charge in [-0.25, -0.2) is 0 Å². The van der Waals surface area contributed by atoms with Crippen LogP contribution in [0.3, 0.4) is 0 Å². The summed E-state index contributed by atoms with van der Waals surface area (Å²) in [6, 6.07) is 15.5. The number of hydrogen-bond donors (Lipinski definition) is 1. The molecule has 0 fully saturated rings. The predicted molar refractivity (Wildman–Crippen MR) is 77.8 cm³/mol. The van der Waals surface area contributed by atoms with Crippen LogP contribution in [0.2, 0.25) is 0 Å². The van der Waals surface area contributed by atoms with Crippen LogP contribution in [0, 0.1) is 0 Å². The third-order valence-electron chi connectivity index (χ3n) is 3.45. The van der Waals surface area contributed by atoms with Gasteiger partial charge in [0.2, 0.25) is 0 Å². The number of ether oxygens (including phenoxy) is 1. The minimum absolute atomic E-state index is 0.0452. The molecule has 3 rings (SSSR count). The van der Waals surface area contributed by atoms with Gasteiger partial charge in [0, 0.05) is 18.5 Å². The number of carbonyl (C=O) groups excluding carboxylic acids is 1. The number of hydrogen-bond acceptors (Lipinski definition) is 2. The molecule has 1 atom stereocenters. The second kappa shape index (κ2) is 5.37. The lowest BCUT2D eigenvalue weighted by Gasteiger charge is -2.06. The molecule has 0 saturated carbocycles. The molecule has 1 aliphatic rings. The largest absolute Gasteiger partial charge is 0.490 e. The van der Waals surface area contributed by atoms with Crippen LogP contribution in [-0.2, 0) is 13.0 Å². The minimum atomic E-state index is -0.0452. The van der Waals surface area contributed by atoms with Crippen molar-refractivity contribution in [2.75, 3.05) is 0 Å². The van der Waals surface area contributed by atoms with Gasteiger partial charge in [0.1, 0.15) is 11.9 Å². The van der Waals surface area contributed by atoms with Crippen LogP contribution in [0.4, 0.5) is 0 Å². The molecule has 0 aliphatic carbocycles. The van der Waals surface area contributed by atoms with E-state index in [-0.39, 0.29) is 12.0 Å². The molecule has 20 heavy (non-hydrogen) atoms. The smallest absolute Gasteiger partial charge is 0.251 e. The lowest BCUT2D eigenvalue weighted by Crippen LogP contribution is -2.22. The van der Waals surface area contributed by atoms with E-state index in [1.54, 1.807) is 0 Å². The molecule has 1 unspecified atom stereocenters. The quantitative estimate of drug-likeness (QED) is 0.928. The van der Waals surface area contributed by atoms with Crippen LogP contribution in [-0.4, -0.2) is 12.0 Å². The van der Waals surface area contributed by atoms with E-state index in [0.717, 1.165) is 23.3 Å². The Morgan fingerprint density at radius 2 is 2.05 bits per heavy atom. The molecule has 0 spiro atoms. The molecule has 3 nitrogen and oxygen atoms in total. The molecule has 1 heterocycles. The van der Waals surface area contributed by atoms with E-state index in [4.69, 9.17) is 4.74 Å². The summed E-state index contributed by atoms with van der Waals surface area (Å²) in [5, 5.41) is 2.94.